The second-order valence-electron chi connectivity index (χ2n) is 2.88. The van der Waals surface area contributed by atoms with Gasteiger partial charge in [-0.2, -0.15) is 5.10 Å². The third-order valence-electron chi connectivity index (χ3n) is 1.97. The van der Waals surface area contributed by atoms with E-state index in [0.717, 1.165) is 16.5 Å². The molecular weight excluding hydrogens is 192 g/mol. The minimum atomic E-state index is -0.546. The molecule has 0 saturated carbocycles. The first kappa shape index (κ1) is 9.28. The molecule has 2 aromatic rings. The van der Waals surface area contributed by atoms with Crippen molar-refractivity contribution in [2.75, 3.05) is 7.11 Å². The number of rotatable bonds is 0. The standard InChI is InChI=1S/C11H8N2O2/c1-15-11(14)6-5-8-3-2-4-10-9(8)7-12-13-10/h2-4,7H,1H3,(H,12,13). The summed E-state index contributed by atoms with van der Waals surface area (Å²) in [6.45, 7) is 0. The molecule has 74 valence electrons. The average Bonchev–Trinajstić information content (AvgIpc) is 2.74. The number of aromatic amines is 1. The van der Waals surface area contributed by atoms with Crippen molar-refractivity contribution in [3.63, 3.8) is 0 Å². The lowest BCUT2D eigenvalue weighted by molar-refractivity contribution is -0.133. The van der Waals surface area contributed by atoms with Crippen molar-refractivity contribution < 1.29 is 9.53 Å². The van der Waals surface area contributed by atoms with E-state index in [0.29, 0.717) is 0 Å². The number of carbonyl (C=O) groups excluding carboxylic acids is 1. The van der Waals surface area contributed by atoms with Crippen LogP contribution in [-0.2, 0) is 9.53 Å². The quantitative estimate of drug-likeness (QED) is 0.511. The lowest BCUT2D eigenvalue weighted by Gasteiger charge is -1.91. The highest BCUT2D eigenvalue weighted by Crippen LogP contribution is 2.14. The summed E-state index contributed by atoms with van der Waals surface area (Å²) in [6, 6.07) is 5.57. The molecule has 0 unspecified atom stereocenters. The van der Waals surface area contributed by atoms with Gasteiger partial charge in [-0.1, -0.05) is 12.0 Å². The van der Waals surface area contributed by atoms with Crippen LogP contribution < -0.4 is 0 Å². The third-order valence-corrected chi connectivity index (χ3v) is 1.97. The number of carbonyl (C=O) groups is 1. The lowest BCUT2D eigenvalue weighted by Crippen LogP contribution is -1.94. The van der Waals surface area contributed by atoms with Crippen LogP contribution in [0.3, 0.4) is 0 Å². The zero-order valence-electron chi connectivity index (χ0n) is 8.07. The van der Waals surface area contributed by atoms with Gasteiger partial charge in [-0.05, 0) is 12.1 Å². The molecule has 0 bridgehead atoms. The number of nitrogens with one attached hydrogen (secondary N) is 1. The monoisotopic (exact) mass is 200 g/mol. The van der Waals surface area contributed by atoms with Gasteiger partial charge in [0.1, 0.15) is 0 Å². The van der Waals surface area contributed by atoms with Crippen LogP contribution in [0, 0.1) is 11.8 Å². The molecule has 1 aromatic heterocycles. The summed E-state index contributed by atoms with van der Waals surface area (Å²) in [5.74, 6) is 4.57. The molecule has 0 saturated heterocycles. The number of methoxy groups -OCH3 is 1. The van der Waals surface area contributed by atoms with Crippen molar-refractivity contribution in [2.45, 2.75) is 0 Å². The van der Waals surface area contributed by atoms with E-state index in [9.17, 15) is 4.79 Å². The molecule has 0 aliphatic carbocycles. The van der Waals surface area contributed by atoms with Gasteiger partial charge in [-0.25, -0.2) is 4.79 Å². The summed E-state index contributed by atoms with van der Waals surface area (Å²) in [7, 11) is 1.30. The van der Waals surface area contributed by atoms with E-state index in [-0.39, 0.29) is 0 Å². The largest absolute Gasteiger partial charge is 0.459 e. The Kier molecular flexibility index (Phi) is 2.38. The van der Waals surface area contributed by atoms with E-state index in [4.69, 9.17) is 0 Å². The topological polar surface area (TPSA) is 55.0 Å². The van der Waals surface area contributed by atoms with Crippen molar-refractivity contribution in [1.82, 2.24) is 10.2 Å². The van der Waals surface area contributed by atoms with Crippen LogP contribution in [0.15, 0.2) is 24.4 Å². The number of benzene rings is 1. The second kappa shape index (κ2) is 3.84. The molecule has 0 atom stereocenters. The Bertz CT molecular complexity index is 560. The molecule has 15 heavy (non-hydrogen) atoms. The van der Waals surface area contributed by atoms with Crippen molar-refractivity contribution >= 4 is 16.9 Å². The molecular formula is C11H8N2O2. The van der Waals surface area contributed by atoms with Crippen LogP contribution in [0.25, 0.3) is 10.9 Å². The maximum absolute atomic E-state index is 10.8. The van der Waals surface area contributed by atoms with Gasteiger partial charge in [0, 0.05) is 16.9 Å². The Morgan fingerprint density at radius 3 is 3.20 bits per heavy atom. The Labute approximate surface area is 86.2 Å². The molecule has 1 heterocycles. The van der Waals surface area contributed by atoms with E-state index in [2.05, 4.69) is 26.8 Å². The first-order chi connectivity index (χ1) is 7.31. The molecule has 4 nitrogen and oxygen atoms in total. The molecule has 0 amide bonds. The van der Waals surface area contributed by atoms with Crippen molar-refractivity contribution in [1.29, 1.82) is 0 Å². The number of hydrogen-bond donors (Lipinski definition) is 1. The van der Waals surface area contributed by atoms with E-state index < -0.39 is 5.97 Å². The molecule has 0 aliphatic rings. The van der Waals surface area contributed by atoms with E-state index in [1.54, 1.807) is 6.20 Å². The fraction of sp³-hybridized carbons (Fsp3) is 0.0909. The SMILES string of the molecule is COC(=O)C#Cc1cccc2[nH]ncc12. The molecule has 0 aliphatic heterocycles. The van der Waals surface area contributed by atoms with E-state index in [1.165, 1.54) is 7.11 Å². The Balaban J connectivity index is 2.46. The zero-order chi connectivity index (χ0) is 10.7. The minimum Gasteiger partial charge on any atom is -0.459 e. The molecule has 0 fully saturated rings. The number of hydrogen-bond acceptors (Lipinski definition) is 3. The summed E-state index contributed by atoms with van der Waals surface area (Å²) in [5, 5.41) is 7.63. The smallest absolute Gasteiger partial charge is 0.384 e. The number of ether oxygens (including phenoxy) is 1. The Morgan fingerprint density at radius 1 is 1.53 bits per heavy atom. The van der Waals surface area contributed by atoms with Gasteiger partial charge in [0.05, 0.1) is 18.8 Å². The summed E-state index contributed by atoms with van der Waals surface area (Å²) in [4.78, 5) is 10.8. The van der Waals surface area contributed by atoms with E-state index >= 15 is 0 Å². The maximum Gasteiger partial charge on any atom is 0.384 e. The fourth-order valence-electron chi connectivity index (χ4n) is 1.25. The van der Waals surface area contributed by atoms with Gasteiger partial charge in [0.2, 0.25) is 0 Å². The summed E-state index contributed by atoms with van der Waals surface area (Å²) < 4.78 is 4.43. The van der Waals surface area contributed by atoms with Crippen LogP contribution >= 0.6 is 0 Å². The predicted molar refractivity (Wildman–Crippen MR) is 55.0 cm³/mol. The first-order valence-corrected chi connectivity index (χ1v) is 4.33. The van der Waals surface area contributed by atoms with Gasteiger partial charge < -0.3 is 4.74 Å². The summed E-state index contributed by atoms with van der Waals surface area (Å²) in [6.07, 6.45) is 1.68. The molecule has 0 radical (unpaired) electrons. The number of nitrogens with zero attached hydrogens (tertiary/aromatic N) is 1. The number of aromatic nitrogens is 2. The van der Waals surface area contributed by atoms with Crippen LogP contribution in [-0.4, -0.2) is 23.3 Å². The van der Waals surface area contributed by atoms with E-state index in [1.807, 2.05) is 18.2 Å². The average molecular weight is 200 g/mol. The molecule has 1 aromatic carbocycles. The van der Waals surface area contributed by atoms with Crippen molar-refractivity contribution in [3.8, 4) is 11.8 Å². The highest BCUT2D eigenvalue weighted by atomic mass is 16.5. The predicted octanol–water partition coefficient (Wildman–Crippen LogP) is 1.09. The number of H-pyrrole nitrogens is 1. The maximum atomic E-state index is 10.8. The van der Waals surface area contributed by atoms with Gasteiger partial charge in [0.15, 0.2) is 0 Å². The number of esters is 1. The second-order valence-corrected chi connectivity index (χ2v) is 2.88. The van der Waals surface area contributed by atoms with Crippen LogP contribution in [0.4, 0.5) is 0 Å². The third kappa shape index (κ3) is 1.81. The van der Waals surface area contributed by atoms with Gasteiger partial charge >= 0.3 is 5.97 Å². The van der Waals surface area contributed by atoms with Crippen molar-refractivity contribution in [3.05, 3.63) is 30.0 Å². The molecule has 4 heteroatoms. The van der Waals surface area contributed by atoms with Crippen LogP contribution in [0.5, 0.6) is 0 Å². The lowest BCUT2D eigenvalue weighted by atomic mass is 10.1. The minimum absolute atomic E-state index is 0.546. The fourth-order valence-corrected chi connectivity index (χ4v) is 1.25. The highest BCUT2D eigenvalue weighted by Gasteiger charge is 1.99. The highest BCUT2D eigenvalue weighted by molar-refractivity contribution is 5.91. The van der Waals surface area contributed by atoms with Gasteiger partial charge in [0.25, 0.3) is 0 Å². The Hall–Kier alpha value is -2.28. The number of fused-ring (bicyclic) bond motifs is 1. The van der Waals surface area contributed by atoms with Crippen LogP contribution in [0.2, 0.25) is 0 Å². The zero-order valence-corrected chi connectivity index (χ0v) is 8.07. The summed E-state index contributed by atoms with van der Waals surface area (Å²) in [5.41, 5.74) is 1.65. The molecule has 2 rings (SSSR count). The van der Waals surface area contributed by atoms with Crippen LogP contribution in [0.1, 0.15) is 5.56 Å². The summed E-state index contributed by atoms with van der Waals surface area (Å²) >= 11 is 0. The first-order valence-electron chi connectivity index (χ1n) is 4.33. The van der Waals surface area contributed by atoms with Crippen molar-refractivity contribution in [2.24, 2.45) is 0 Å². The Morgan fingerprint density at radius 2 is 2.40 bits per heavy atom. The van der Waals surface area contributed by atoms with Gasteiger partial charge in [-0.15, -0.1) is 0 Å². The normalized spacial score (nSPS) is 9.40. The molecule has 1 N–H and O–H groups in total. The molecule has 0 spiro atoms. The van der Waals surface area contributed by atoms with Gasteiger partial charge in [-0.3, -0.25) is 5.10 Å².